The van der Waals surface area contributed by atoms with Crippen molar-refractivity contribution < 1.29 is 4.74 Å². The summed E-state index contributed by atoms with van der Waals surface area (Å²) in [6.07, 6.45) is -0.391. The molecule has 0 N–H and O–H groups in total. The van der Waals surface area contributed by atoms with Crippen molar-refractivity contribution >= 4 is 10.9 Å². The number of fused-ring (bicyclic) bond motifs is 3. The van der Waals surface area contributed by atoms with Gasteiger partial charge in [0.1, 0.15) is 6.10 Å². The Morgan fingerprint density at radius 1 is 0.939 bits per heavy atom. The van der Waals surface area contributed by atoms with Crippen LogP contribution in [0.1, 0.15) is 42.3 Å². The Balaban J connectivity index is 2.01. The maximum absolute atomic E-state index is 13.6. The highest BCUT2D eigenvalue weighted by molar-refractivity contribution is 5.97. The lowest BCUT2D eigenvalue weighted by molar-refractivity contribution is -0.00707. The number of aromatic nitrogens is 3. The van der Waals surface area contributed by atoms with Crippen LogP contribution in [0.15, 0.2) is 58.1 Å². The van der Waals surface area contributed by atoms with E-state index in [1.165, 1.54) is 4.57 Å². The van der Waals surface area contributed by atoms with Crippen LogP contribution in [-0.4, -0.2) is 20.3 Å². The van der Waals surface area contributed by atoms with E-state index in [0.717, 1.165) is 33.6 Å². The van der Waals surface area contributed by atoms with Crippen molar-refractivity contribution in [3.05, 3.63) is 91.8 Å². The molecular weight excluding hydrogens is 414 g/mol. The molecule has 0 saturated heterocycles. The molecule has 1 atom stereocenters. The van der Waals surface area contributed by atoms with E-state index in [9.17, 15) is 9.59 Å². The molecule has 0 saturated carbocycles. The van der Waals surface area contributed by atoms with E-state index in [0.29, 0.717) is 17.5 Å². The van der Waals surface area contributed by atoms with Gasteiger partial charge in [-0.3, -0.25) is 13.9 Å². The third-order valence-electron chi connectivity index (χ3n) is 6.74. The van der Waals surface area contributed by atoms with E-state index in [4.69, 9.17) is 4.74 Å². The maximum Gasteiger partial charge on any atom is 0.331 e. The molecule has 2 aromatic heterocycles. The monoisotopic (exact) mass is 443 g/mol. The number of benzene rings is 2. The number of nitrogens with zero attached hydrogens (tertiary/aromatic N) is 3. The quantitative estimate of drug-likeness (QED) is 0.467. The van der Waals surface area contributed by atoms with Crippen molar-refractivity contribution in [3.8, 4) is 11.3 Å². The number of hydrogen-bond acceptors (Lipinski definition) is 3. The van der Waals surface area contributed by atoms with Gasteiger partial charge in [0.25, 0.3) is 5.56 Å². The summed E-state index contributed by atoms with van der Waals surface area (Å²) < 4.78 is 11.5. The number of aryl methyl sites for hydroxylation is 3. The SMILES string of the molecule is Cc1ccc([C@@H]2OCC(C)(C)n3c(-c4cccc(C)c4)c4c(=O)n(C)c(=O)n(C)c4c32)cc1. The second kappa shape index (κ2) is 7.32. The number of ether oxygens (including phenoxy) is 1. The van der Waals surface area contributed by atoms with Crippen molar-refractivity contribution in [2.75, 3.05) is 6.61 Å². The molecule has 0 bridgehead atoms. The molecular formula is C27H29N3O3. The minimum atomic E-state index is -0.421. The fraction of sp³-hybridized carbons (Fsp3) is 0.333. The molecule has 1 aliphatic rings. The van der Waals surface area contributed by atoms with E-state index in [1.807, 2.05) is 25.1 Å². The molecule has 6 nitrogen and oxygen atoms in total. The highest BCUT2D eigenvalue weighted by Crippen LogP contribution is 2.45. The first-order chi connectivity index (χ1) is 15.6. The van der Waals surface area contributed by atoms with Crippen LogP contribution < -0.4 is 11.2 Å². The lowest BCUT2D eigenvalue weighted by Gasteiger charge is -2.39. The zero-order chi connectivity index (χ0) is 23.7. The third kappa shape index (κ3) is 3.12. The Hall–Kier alpha value is -3.38. The largest absolute Gasteiger partial charge is 0.365 e. The standard InChI is InChI=1S/C27H29N3O3/c1-16-10-12-18(13-11-16)24-23-22-20(25(31)29(6)26(32)28(22)5)21(19-9-7-8-17(2)14-19)30(23)27(3,4)15-33-24/h7-14,24H,15H2,1-6H3/t24-/m0/s1. The molecule has 33 heavy (non-hydrogen) atoms. The second-order valence-corrected chi connectivity index (χ2v) is 9.78. The topological polar surface area (TPSA) is 58.2 Å². The average Bonchev–Trinajstić information content (AvgIpc) is 3.15. The van der Waals surface area contributed by atoms with Crippen LogP contribution in [0, 0.1) is 13.8 Å². The Kier molecular flexibility index (Phi) is 4.76. The average molecular weight is 444 g/mol. The van der Waals surface area contributed by atoms with Crippen molar-refractivity contribution in [3.63, 3.8) is 0 Å². The van der Waals surface area contributed by atoms with Crippen molar-refractivity contribution in [2.45, 2.75) is 39.3 Å². The Labute approximate surface area is 192 Å². The van der Waals surface area contributed by atoms with Crippen LogP contribution >= 0.6 is 0 Å². The summed E-state index contributed by atoms with van der Waals surface area (Å²) in [5.74, 6) is 0. The Morgan fingerprint density at radius 2 is 1.64 bits per heavy atom. The summed E-state index contributed by atoms with van der Waals surface area (Å²) in [5, 5.41) is 0.552. The van der Waals surface area contributed by atoms with Gasteiger partial charge in [-0.05, 0) is 44.9 Å². The lowest BCUT2D eigenvalue weighted by atomic mass is 9.97. The fourth-order valence-electron chi connectivity index (χ4n) is 5.06. The highest BCUT2D eigenvalue weighted by atomic mass is 16.5. The first-order valence-corrected chi connectivity index (χ1v) is 11.2. The van der Waals surface area contributed by atoms with Gasteiger partial charge in [0.15, 0.2) is 0 Å². The van der Waals surface area contributed by atoms with Crippen molar-refractivity contribution in [1.29, 1.82) is 0 Å². The highest BCUT2D eigenvalue weighted by Gasteiger charge is 2.40. The maximum atomic E-state index is 13.6. The van der Waals surface area contributed by atoms with Gasteiger partial charge in [-0.15, -0.1) is 0 Å². The summed E-state index contributed by atoms with van der Waals surface area (Å²) in [7, 11) is 3.28. The summed E-state index contributed by atoms with van der Waals surface area (Å²) in [6, 6.07) is 16.4. The number of hydrogen-bond donors (Lipinski definition) is 0. The van der Waals surface area contributed by atoms with Crippen LogP contribution in [0.5, 0.6) is 0 Å². The van der Waals surface area contributed by atoms with Gasteiger partial charge >= 0.3 is 5.69 Å². The summed E-state index contributed by atoms with van der Waals surface area (Å²) in [6.45, 7) is 8.80. The van der Waals surface area contributed by atoms with E-state index in [1.54, 1.807) is 18.7 Å². The molecule has 0 amide bonds. The second-order valence-electron chi connectivity index (χ2n) is 9.78. The molecule has 5 rings (SSSR count). The van der Waals surface area contributed by atoms with Gasteiger partial charge in [-0.2, -0.15) is 0 Å². The Morgan fingerprint density at radius 3 is 2.30 bits per heavy atom. The molecule has 4 aromatic rings. The van der Waals surface area contributed by atoms with Crippen LogP contribution in [0.4, 0.5) is 0 Å². The Bertz CT molecular complexity index is 1520. The normalized spacial score (nSPS) is 17.3. The molecule has 6 heteroatoms. The molecule has 1 aliphatic heterocycles. The van der Waals surface area contributed by atoms with Gasteiger partial charge in [0.2, 0.25) is 0 Å². The molecule has 0 unspecified atom stereocenters. The van der Waals surface area contributed by atoms with Gasteiger partial charge in [-0.25, -0.2) is 4.79 Å². The first kappa shape index (κ1) is 21.5. The van der Waals surface area contributed by atoms with Crippen LogP contribution in [-0.2, 0) is 24.4 Å². The third-order valence-corrected chi connectivity index (χ3v) is 6.74. The molecule has 3 heterocycles. The molecule has 170 valence electrons. The van der Waals surface area contributed by atoms with E-state index < -0.39 is 11.6 Å². The lowest BCUT2D eigenvalue weighted by Crippen LogP contribution is -2.40. The first-order valence-electron chi connectivity index (χ1n) is 11.2. The molecule has 0 spiro atoms. The van der Waals surface area contributed by atoms with Crippen LogP contribution in [0.25, 0.3) is 22.2 Å². The molecule has 2 aromatic carbocycles. The minimum Gasteiger partial charge on any atom is -0.365 e. The van der Waals surface area contributed by atoms with E-state index in [-0.39, 0.29) is 11.2 Å². The van der Waals surface area contributed by atoms with E-state index in [2.05, 4.69) is 55.7 Å². The number of rotatable bonds is 2. The summed E-state index contributed by atoms with van der Waals surface area (Å²) >= 11 is 0. The van der Waals surface area contributed by atoms with Crippen molar-refractivity contribution in [2.24, 2.45) is 14.1 Å². The van der Waals surface area contributed by atoms with Gasteiger partial charge < -0.3 is 9.30 Å². The predicted molar refractivity (Wildman–Crippen MR) is 131 cm³/mol. The predicted octanol–water partition coefficient (Wildman–Crippen LogP) is 4.18. The van der Waals surface area contributed by atoms with Gasteiger partial charge in [0.05, 0.1) is 34.4 Å². The molecule has 0 radical (unpaired) electrons. The van der Waals surface area contributed by atoms with Crippen LogP contribution in [0.3, 0.4) is 0 Å². The zero-order valence-electron chi connectivity index (χ0n) is 20.0. The smallest absolute Gasteiger partial charge is 0.331 e. The zero-order valence-corrected chi connectivity index (χ0v) is 20.0. The van der Waals surface area contributed by atoms with E-state index >= 15 is 0 Å². The van der Waals surface area contributed by atoms with Gasteiger partial charge in [0, 0.05) is 14.1 Å². The summed E-state index contributed by atoms with van der Waals surface area (Å²) in [4.78, 5) is 26.6. The minimum absolute atomic E-state index is 0.287. The van der Waals surface area contributed by atoms with Crippen molar-refractivity contribution in [1.82, 2.24) is 13.7 Å². The van der Waals surface area contributed by atoms with Crippen LogP contribution in [0.2, 0.25) is 0 Å². The summed E-state index contributed by atoms with van der Waals surface area (Å²) in [5.41, 5.74) is 5.50. The molecule has 0 aliphatic carbocycles. The van der Waals surface area contributed by atoms with Gasteiger partial charge in [-0.1, -0.05) is 53.6 Å². The molecule has 0 fully saturated rings. The fourth-order valence-corrected chi connectivity index (χ4v) is 5.06.